The maximum absolute atomic E-state index is 6.10. The monoisotopic (exact) mass is 380 g/mol. The van der Waals surface area contributed by atoms with Crippen molar-refractivity contribution >= 4 is 16.7 Å². The van der Waals surface area contributed by atoms with Crippen LogP contribution in [0.25, 0.3) is 22.6 Å². The van der Waals surface area contributed by atoms with Crippen LogP contribution in [0, 0.1) is 6.92 Å². The molecule has 1 unspecified atom stereocenters. The number of hydrogen-bond donors (Lipinski definition) is 1. The molecular formula is C22H28N4O2. The zero-order valence-corrected chi connectivity index (χ0v) is 16.7. The number of nitrogens with one attached hydrogen (secondary N) is 1. The molecule has 1 N–H and O–H groups in total. The van der Waals surface area contributed by atoms with Crippen LogP contribution in [0.4, 0.5) is 5.69 Å². The summed E-state index contributed by atoms with van der Waals surface area (Å²) in [5, 5.41) is 0. The Bertz CT molecular complexity index is 962. The number of fused-ring (bicyclic) bond motifs is 1. The summed E-state index contributed by atoms with van der Waals surface area (Å²) in [7, 11) is 2.18. The summed E-state index contributed by atoms with van der Waals surface area (Å²) in [5.74, 6) is 2.47. The highest BCUT2D eigenvalue weighted by atomic mass is 16.5. The maximum Gasteiger partial charge on any atom is 0.174 e. The first-order valence-electron chi connectivity index (χ1n) is 10.3. The number of imidazole rings is 1. The van der Waals surface area contributed by atoms with E-state index in [0.717, 1.165) is 74.0 Å². The molecule has 6 heteroatoms. The molecule has 2 aliphatic heterocycles. The third-order valence-electron chi connectivity index (χ3n) is 5.99. The lowest BCUT2D eigenvalue weighted by Crippen LogP contribution is -2.44. The van der Waals surface area contributed by atoms with Gasteiger partial charge in [-0.25, -0.2) is 4.98 Å². The van der Waals surface area contributed by atoms with Crippen LogP contribution in [-0.2, 0) is 4.74 Å². The summed E-state index contributed by atoms with van der Waals surface area (Å²) in [5.41, 5.74) is 4.54. The molecule has 2 saturated heterocycles. The smallest absolute Gasteiger partial charge is 0.174 e. The fourth-order valence-electron chi connectivity index (χ4n) is 4.25. The number of ether oxygens (including phenoxy) is 1. The Hall–Kier alpha value is -2.31. The van der Waals surface area contributed by atoms with Crippen molar-refractivity contribution in [1.29, 1.82) is 0 Å². The molecule has 6 nitrogen and oxygen atoms in total. The number of aromatic amines is 1. The summed E-state index contributed by atoms with van der Waals surface area (Å²) in [6, 6.07) is 8.50. The molecule has 3 aromatic rings. The first kappa shape index (κ1) is 17.8. The topological polar surface area (TPSA) is 57.5 Å². The molecule has 0 spiro atoms. The van der Waals surface area contributed by atoms with Gasteiger partial charge >= 0.3 is 0 Å². The van der Waals surface area contributed by atoms with Gasteiger partial charge in [0.15, 0.2) is 11.6 Å². The van der Waals surface area contributed by atoms with Gasteiger partial charge in [0.2, 0.25) is 0 Å². The molecule has 1 aromatic carbocycles. The Morgan fingerprint density at radius 1 is 1.11 bits per heavy atom. The van der Waals surface area contributed by atoms with Crippen molar-refractivity contribution in [3.05, 3.63) is 35.6 Å². The van der Waals surface area contributed by atoms with Crippen molar-refractivity contribution in [2.24, 2.45) is 0 Å². The summed E-state index contributed by atoms with van der Waals surface area (Å²) in [6.45, 7) is 7.28. The van der Waals surface area contributed by atoms with Crippen LogP contribution >= 0.6 is 0 Å². The van der Waals surface area contributed by atoms with Gasteiger partial charge in [-0.2, -0.15) is 0 Å². The molecule has 4 heterocycles. The van der Waals surface area contributed by atoms with Crippen molar-refractivity contribution in [1.82, 2.24) is 14.9 Å². The molecule has 2 fully saturated rings. The average molecular weight is 380 g/mol. The number of aryl methyl sites for hydroxylation is 1. The van der Waals surface area contributed by atoms with Gasteiger partial charge in [0.25, 0.3) is 0 Å². The van der Waals surface area contributed by atoms with Crippen LogP contribution < -0.4 is 4.90 Å². The number of nitrogens with zero attached hydrogens (tertiary/aromatic N) is 3. The minimum absolute atomic E-state index is 0.0810. The number of anilines is 1. The third kappa shape index (κ3) is 3.31. The van der Waals surface area contributed by atoms with Crippen LogP contribution in [-0.4, -0.2) is 54.7 Å². The highest BCUT2D eigenvalue weighted by molar-refractivity contribution is 5.85. The second-order valence-corrected chi connectivity index (χ2v) is 8.09. The quantitative estimate of drug-likeness (QED) is 0.741. The molecule has 28 heavy (non-hydrogen) atoms. The molecule has 0 saturated carbocycles. The molecule has 2 aromatic heterocycles. The molecule has 0 aliphatic carbocycles. The normalized spacial score (nSPS) is 21.5. The molecule has 148 valence electrons. The Morgan fingerprint density at radius 3 is 2.75 bits per heavy atom. The SMILES string of the molecule is Cc1cc(N2CCN(C)CC2)cc2[nH]c(-c3ccc(C4CCCCO4)o3)nc12. The molecule has 1 atom stereocenters. The Morgan fingerprint density at radius 2 is 1.96 bits per heavy atom. The van der Waals surface area contributed by atoms with Gasteiger partial charge in [-0.15, -0.1) is 0 Å². The number of piperazine rings is 1. The van der Waals surface area contributed by atoms with E-state index in [9.17, 15) is 0 Å². The van der Waals surface area contributed by atoms with Crippen molar-refractivity contribution < 1.29 is 9.15 Å². The second kappa shape index (κ2) is 7.26. The molecule has 5 rings (SSSR count). The Kier molecular flexibility index (Phi) is 4.61. The number of hydrogen-bond acceptors (Lipinski definition) is 5. The lowest BCUT2D eigenvalue weighted by Gasteiger charge is -2.34. The fraction of sp³-hybridized carbons (Fsp3) is 0.500. The number of furan rings is 1. The van der Waals surface area contributed by atoms with Crippen molar-refractivity contribution in [2.45, 2.75) is 32.3 Å². The van der Waals surface area contributed by atoms with Gasteiger partial charge in [0.1, 0.15) is 11.9 Å². The minimum Gasteiger partial charge on any atom is -0.455 e. The van der Waals surface area contributed by atoms with E-state index in [1.165, 1.54) is 17.7 Å². The van der Waals surface area contributed by atoms with E-state index in [-0.39, 0.29) is 6.10 Å². The van der Waals surface area contributed by atoms with E-state index >= 15 is 0 Å². The first-order valence-corrected chi connectivity index (χ1v) is 10.3. The summed E-state index contributed by atoms with van der Waals surface area (Å²) in [4.78, 5) is 13.1. The van der Waals surface area contributed by atoms with Crippen LogP contribution in [0.5, 0.6) is 0 Å². The van der Waals surface area contributed by atoms with Gasteiger partial charge in [-0.05, 0) is 63.1 Å². The highest BCUT2D eigenvalue weighted by Gasteiger charge is 2.21. The average Bonchev–Trinajstić information content (AvgIpc) is 3.36. The van der Waals surface area contributed by atoms with E-state index in [1.807, 2.05) is 12.1 Å². The minimum atomic E-state index is 0.0810. The first-order chi connectivity index (χ1) is 13.7. The van der Waals surface area contributed by atoms with Crippen LogP contribution in [0.15, 0.2) is 28.7 Å². The van der Waals surface area contributed by atoms with Gasteiger partial charge in [-0.1, -0.05) is 0 Å². The van der Waals surface area contributed by atoms with E-state index in [4.69, 9.17) is 14.1 Å². The fourth-order valence-corrected chi connectivity index (χ4v) is 4.25. The molecule has 0 amide bonds. The lowest BCUT2D eigenvalue weighted by molar-refractivity contribution is 0.00219. The van der Waals surface area contributed by atoms with E-state index < -0.39 is 0 Å². The van der Waals surface area contributed by atoms with E-state index in [0.29, 0.717) is 0 Å². The largest absolute Gasteiger partial charge is 0.455 e. The zero-order chi connectivity index (χ0) is 19.1. The van der Waals surface area contributed by atoms with Crippen LogP contribution in [0.3, 0.4) is 0 Å². The predicted octanol–water partition coefficient (Wildman–Crippen LogP) is 4.12. The molecule has 2 aliphatic rings. The summed E-state index contributed by atoms with van der Waals surface area (Å²) in [6.07, 6.45) is 3.44. The molecule has 0 radical (unpaired) electrons. The number of benzene rings is 1. The number of aromatic nitrogens is 2. The standard InChI is InChI=1S/C22H28N4O2/c1-15-13-16(26-10-8-25(2)9-11-26)14-17-21(15)24-22(23-17)20-7-6-19(28-20)18-5-3-4-12-27-18/h6-7,13-14,18H,3-5,8-12H2,1-2H3,(H,23,24). The van der Waals surface area contributed by atoms with Crippen LogP contribution in [0.2, 0.25) is 0 Å². The van der Waals surface area contributed by atoms with Gasteiger partial charge in [0, 0.05) is 38.5 Å². The van der Waals surface area contributed by atoms with Crippen molar-refractivity contribution in [2.75, 3.05) is 44.7 Å². The van der Waals surface area contributed by atoms with Gasteiger partial charge in [-0.3, -0.25) is 0 Å². The maximum atomic E-state index is 6.10. The summed E-state index contributed by atoms with van der Waals surface area (Å²) < 4.78 is 12.0. The lowest BCUT2D eigenvalue weighted by atomic mass is 10.1. The number of H-pyrrole nitrogens is 1. The number of likely N-dealkylation sites (N-methyl/N-ethyl adjacent to an activating group) is 1. The Balaban J connectivity index is 1.43. The van der Waals surface area contributed by atoms with E-state index in [2.05, 4.69) is 40.9 Å². The van der Waals surface area contributed by atoms with Crippen molar-refractivity contribution in [3.8, 4) is 11.6 Å². The van der Waals surface area contributed by atoms with Gasteiger partial charge in [0.05, 0.1) is 11.0 Å². The second-order valence-electron chi connectivity index (χ2n) is 8.09. The highest BCUT2D eigenvalue weighted by Crippen LogP contribution is 2.33. The molecule has 0 bridgehead atoms. The van der Waals surface area contributed by atoms with Gasteiger partial charge < -0.3 is 23.9 Å². The predicted molar refractivity (Wildman–Crippen MR) is 111 cm³/mol. The third-order valence-corrected chi connectivity index (χ3v) is 5.99. The molecular weight excluding hydrogens is 352 g/mol. The van der Waals surface area contributed by atoms with Crippen molar-refractivity contribution in [3.63, 3.8) is 0 Å². The zero-order valence-electron chi connectivity index (χ0n) is 16.7. The summed E-state index contributed by atoms with van der Waals surface area (Å²) >= 11 is 0. The van der Waals surface area contributed by atoms with Crippen LogP contribution in [0.1, 0.15) is 36.7 Å². The van der Waals surface area contributed by atoms with E-state index in [1.54, 1.807) is 0 Å². The Labute approximate surface area is 165 Å². The number of rotatable bonds is 3.